The summed E-state index contributed by atoms with van der Waals surface area (Å²) in [6.45, 7) is 7.97. The summed E-state index contributed by atoms with van der Waals surface area (Å²) >= 11 is 0. The standard InChI is InChI=1S/C13H22N4O/c1-11(2)6-17-13(14-10-15-17)8-16-5-3-4-12(7-16)9-18/h9-12H,3-8H2,1-2H3. The van der Waals surface area contributed by atoms with Gasteiger partial charge in [0, 0.05) is 19.0 Å². The molecule has 1 aliphatic heterocycles. The molecule has 2 heterocycles. The number of rotatable bonds is 5. The SMILES string of the molecule is CC(C)Cn1ncnc1CN1CCCC(C=O)C1. The maximum Gasteiger partial charge on any atom is 0.141 e. The lowest BCUT2D eigenvalue weighted by molar-refractivity contribution is -0.112. The number of piperidine rings is 1. The van der Waals surface area contributed by atoms with Crippen molar-refractivity contribution >= 4 is 6.29 Å². The molecular formula is C13H22N4O. The van der Waals surface area contributed by atoms with E-state index in [0.29, 0.717) is 5.92 Å². The van der Waals surface area contributed by atoms with Gasteiger partial charge in [-0.2, -0.15) is 5.10 Å². The van der Waals surface area contributed by atoms with Crippen molar-refractivity contribution in [3.63, 3.8) is 0 Å². The van der Waals surface area contributed by atoms with Crippen LogP contribution in [0, 0.1) is 11.8 Å². The first-order valence-electron chi connectivity index (χ1n) is 6.73. The van der Waals surface area contributed by atoms with E-state index in [4.69, 9.17) is 0 Å². The summed E-state index contributed by atoms with van der Waals surface area (Å²) < 4.78 is 1.98. The van der Waals surface area contributed by atoms with Crippen molar-refractivity contribution in [1.29, 1.82) is 0 Å². The summed E-state index contributed by atoms with van der Waals surface area (Å²) in [5, 5.41) is 4.27. The van der Waals surface area contributed by atoms with E-state index in [1.54, 1.807) is 6.33 Å². The Hall–Kier alpha value is -1.23. The Labute approximate surface area is 108 Å². The van der Waals surface area contributed by atoms with Crippen LogP contribution in [-0.2, 0) is 17.9 Å². The molecule has 2 rings (SSSR count). The molecule has 1 atom stereocenters. The summed E-state index contributed by atoms with van der Waals surface area (Å²) in [7, 11) is 0. The molecule has 5 nitrogen and oxygen atoms in total. The Morgan fingerprint density at radius 1 is 1.56 bits per heavy atom. The molecule has 1 saturated heterocycles. The van der Waals surface area contributed by atoms with E-state index in [2.05, 4.69) is 28.8 Å². The van der Waals surface area contributed by atoms with Crippen LogP contribution in [0.3, 0.4) is 0 Å². The van der Waals surface area contributed by atoms with E-state index in [9.17, 15) is 4.79 Å². The molecule has 1 fully saturated rings. The molecule has 1 aliphatic rings. The second kappa shape index (κ2) is 6.09. The highest BCUT2D eigenvalue weighted by Gasteiger charge is 2.20. The average Bonchev–Trinajstić information content (AvgIpc) is 2.76. The van der Waals surface area contributed by atoms with Crippen molar-refractivity contribution in [3.8, 4) is 0 Å². The largest absolute Gasteiger partial charge is 0.303 e. The molecule has 0 N–H and O–H groups in total. The maximum absolute atomic E-state index is 10.9. The molecule has 1 aromatic heterocycles. The molecule has 0 amide bonds. The van der Waals surface area contributed by atoms with Crippen molar-refractivity contribution in [2.45, 2.75) is 39.8 Å². The van der Waals surface area contributed by atoms with E-state index in [1.165, 1.54) is 0 Å². The van der Waals surface area contributed by atoms with Crippen LogP contribution in [0.15, 0.2) is 6.33 Å². The number of likely N-dealkylation sites (tertiary alicyclic amines) is 1. The average molecular weight is 250 g/mol. The zero-order chi connectivity index (χ0) is 13.0. The minimum Gasteiger partial charge on any atom is -0.303 e. The molecule has 0 saturated carbocycles. The monoisotopic (exact) mass is 250 g/mol. The quantitative estimate of drug-likeness (QED) is 0.740. The van der Waals surface area contributed by atoms with Crippen LogP contribution in [0.5, 0.6) is 0 Å². The summed E-state index contributed by atoms with van der Waals surface area (Å²) in [4.78, 5) is 17.5. The Balaban J connectivity index is 1.96. The third-order valence-corrected chi connectivity index (χ3v) is 3.33. The van der Waals surface area contributed by atoms with Gasteiger partial charge in [-0.05, 0) is 25.3 Å². The first-order valence-corrected chi connectivity index (χ1v) is 6.73. The van der Waals surface area contributed by atoms with Gasteiger partial charge in [0.25, 0.3) is 0 Å². The fraction of sp³-hybridized carbons (Fsp3) is 0.769. The topological polar surface area (TPSA) is 51.0 Å². The van der Waals surface area contributed by atoms with Crippen LogP contribution >= 0.6 is 0 Å². The maximum atomic E-state index is 10.9. The molecule has 0 radical (unpaired) electrons. The van der Waals surface area contributed by atoms with Crippen LogP contribution in [0.1, 0.15) is 32.5 Å². The second-order valence-electron chi connectivity index (χ2n) is 5.53. The normalized spacial score (nSPS) is 21.4. The van der Waals surface area contributed by atoms with E-state index in [-0.39, 0.29) is 5.92 Å². The van der Waals surface area contributed by atoms with E-state index in [1.807, 2.05) is 4.68 Å². The molecule has 0 aromatic carbocycles. The highest BCUT2D eigenvalue weighted by molar-refractivity contribution is 5.53. The van der Waals surface area contributed by atoms with Gasteiger partial charge in [-0.3, -0.25) is 4.90 Å². The zero-order valence-electron chi connectivity index (χ0n) is 11.2. The van der Waals surface area contributed by atoms with Gasteiger partial charge >= 0.3 is 0 Å². The van der Waals surface area contributed by atoms with Gasteiger partial charge < -0.3 is 4.79 Å². The van der Waals surface area contributed by atoms with Crippen molar-refractivity contribution in [2.24, 2.45) is 11.8 Å². The van der Waals surface area contributed by atoms with Crippen LogP contribution in [0.2, 0.25) is 0 Å². The molecule has 1 unspecified atom stereocenters. The van der Waals surface area contributed by atoms with Gasteiger partial charge in [0.15, 0.2) is 0 Å². The van der Waals surface area contributed by atoms with Gasteiger partial charge in [-0.1, -0.05) is 13.8 Å². The van der Waals surface area contributed by atoms with Crippen LogP contribution in [-0.4, -0.2) is 39.0 Å². The third kappa shape index (κ3) is 3.38. The van der Waals surface area contributed by atoms with E-state index < -0.39 is 0 Å². The van der Waals surface area contributed by atoms with Gasteiger partial charge in [-0.15, -0.1) is 0 Å². The van der Waals surface area contributed by atoms with Crippen molar-refractivity contribution in [2.75, 3.05) is 13.1 Å². The smallest absolute Gasteiger partial charge is 0.141 e. The number of carbonyl (C=O) groups is 1. The van der Waals surface area contributed by atoms with Gasteiger partial charge in [0.1, 0.15) is 18.4 Å². The lowest BCUT2D eigenvalue weighted by Gasteiger charge is -2.29. The van der Waals surface area contributed by atoms with Crippen LogP contribution < -0.4 is 0 Å². The minimum atomic E-state index is 0.195. The first kappa shape index (κ1) is 13.2. The van der Waals surface area contributed by atoms with Crippen molar-refractivity contribution in [1.82, 2.24) is 19.7 Å². The van der Waals surface area contributed by atoms with Crippen LogP contribution in [0.4, 0.5) is 0 Å². The summed E-state index contributed by atoms with van der Waals surface area (Å²) in [6, 6.07) is 0. The summed E-state index contributed by atoms with van der Waals surface area (Å²) in [5.74, 6) is 1.77. The molecule has 5 heteroatoms. The number of carbonyl (C=O) groups excluding carboxylic acids is 1. The molecule has 0 aliphatic carbocycles. The Morgan fingerprint density at radius 2 is 2.39 bits per heavy atom. The number of aldehydes is 1. The van der Waals surface area contributed by atoms with Crippen LogP contribution in [0.25, 0.3) is 0 Å². The number of nitrogens with zero attached hydrogens (tertiary/aromatic N) is 4. The lowest BCUT2D eigenvalue weighted by atomic mass is 10.00. The van der Waals surface area contributed by atoms with Gasteiger partial charge in [0.2, 0.25) is 0 Å². The lowest BCUT2D eigenvalue weighted by Crippen LogP contribution is -2.36. The Morgan fingerprint density at radius 3 is 3.11 bits per heavy atom. The predicted molar refractivity (Wildman–Crippen MR) is 68.9 cm³/mol. The highest BCUT2D eigenvalue weighted by atomic mass is 16.1. The fourth-order valence-electron chi connectivity index (χ4n) is 2.45. The number of hydrogen-bond acceptors (Lipinski definition) is 4. The van der Waals surface area contributed by atoms with E-state index >= 15 is 0 Å². The Bertz CT molecular complexity index is 388. The fourth-order valence-corrected chi connectivity index (χ4v) is 2.45. The second-order valence-corrected chi connectivity index (χ2v) is 5.53. The first-order chi connectivity index (χ1) is 8.69. The number of hydrogen-bond donors (Lipinski definition) is 0. The molecule has 1 aromatic rings. The minimum absolute atomic E-state index is 0.195. The van der Waals surface area contributed by atoms with Gasteiger partial charge in [0.05, 0.1) is 6.54 Å². The van der Waals surface area contributed by atoms with Gasteiger partial charge in [-0.25, -0.2) is 9.67 Å². The molecule has 100 valence electrons. The summed E-state index contributed by atoms with van der Waals surface area (Å²) in [6.07, 6.45) is 4.84. The highest BCUT2D eigenvalue weighted by Crippen LogP contribution is 2.16. The van der Waals surface area contributed by atoms with Crippen molar-refractivity contribution in [3.05, 3.63) is 12.2 Å². The number of aromatic nitrogens is 3. The molecule has 0 bridgehead atoms. The molecular weight excluding hydrogens is 228 g/mol. The third-order valence-electron chi connectivity index (χ3n) is 3.33. The van der Waals surface area contributed by atoms with E-state index in [0.717, 1.165) is 51.1 Å². The molecule has 18 heavy (non-hydrogen) atoms. The van der Waals surface area contributed by atoms with Crippen molar-refractivity contribution < 1.29 is 4.79 Å². The zero-order valence-corrected chi connectivity index (χ0v) is 11.2. The predicted octanol–water partition coefficient (Wildman–Crippen LogP) is 1.34. The Kier molecular flexibility index (Phi) is 4.47. The molecule has 0 spiro atoms. The summed E-state index contributed by atoms with van der Waals surface area (Å²) in [5.41, 5.74) is 0.